The van der Waals surface area contributed by atoms with Crippen LogP contribution in [0.3, 0.4) is 0 Å². The Balaban J connectivity index is 1.35. The van der Waals surface area contributed by atoms with Gasteiger partial charge in [-0.1, -0.05) is 103 Å². The summed E-state index contributed by atoms with van der Waals surface area (Å²) in [5.74, 6) is -7.08. The first-order valence-electron chi connectivity index (χ1n) is 32.1. The monoisotopic (exact) mass is 1290 g/mol. The van der Waals surface area contributed by atoms with Gasteiger partial charge in [0.1, 0.15) is 41.8 Å². The van der Waals surface area contributed by atoms with Crippen molar-refractivity contribution >= 4 is 76.6 Å². The van der Waals surface area contributed by atoms with Gasteiger partial charge in [0.15, 0.2) is 0 Å². The largest absolute Gasteiger partial charge is 0.417 e. The molecule has 5 fully saturated rings. The van der Waals surface area contributed by atoms with Crippen LogP contribution < -0.4 is 21.3 Å². The van der Waals surface area contributed by atoms with Gasteiger partial charge in [-0.05, 0) is 106 Å². The van der Waals surface area contributed by atoms with Crippen molar-refractivity contribution in [2.75, 3.05) is 68.5 Å². The number of carbonyl (C=O) groups excluding carboxylic acids is 11. The van der Waals surface area contributed by atoms with Crippen molar-refractivity contribution in [1.82, 2.24) is 55.6 Å². The third kappa shape index (κ3) is 19.0. The van der Waals surface area contributed by atoms with E-state index in [4.69, 9.17) is 11.6 Å². The number of likely N-dealkylation sites (N-methyl/N-ethyl adjacent to an activating group) is 6. The van der Waals surface area contributed by atoms with Crippen LogP contribution >= 0.6 is 11.6 Å². The van der Waals surface area contributed by atoms with Gasteiger partial charge in [-0.3, -0.25) is 52.7 Å². The minimum absolute atomic E-state index is 0.0386. The summed E-state index contributed by atoms with van der Waals surface area (Å²) in [7, 11) is 8.60. The summed E-state index contributed by atoms with van der Waals surface area (Å²) >= 11 is 6.11. The molecule has 2 heterocycles. The van der Waals surface area contributed by atoms with Crippen molar-refractivity contribution in [3.8, 4) is 0 Å². The molecule has 502 valence electrons. The minimum Gasteiger partial charge on any atom is -0.351 e. The zero-order chi connectivity index (χ0) is 66.7. The number of rotatable bonds is 10. The molecule has 2 aliphatic heterocycles. The quantitative estimate of drug-likeness (QED) is 0.245. The van der Waals surface area contributed by atoms with Gasteiger partial charge in [-0.15, -0.1) is 0 Å². The van der Waals surface area contributed by atoms with Crippen LogP contribution in [-0.2, 0) is 65.3 Å². The molecular weight excluding hydrogens is 1190 g/mol. The van der Waals surface area contributed by atoms with Gasteiger partial charge >= 0.3 is 6.18 Å². The van der Waals surface area contributed by atoms with E-state index in [-0.39, 0.29) is 82.1 Å². The predicted molar refractivity (Wildman–Crippen MR) is 330 cm³/mol. The number of fused-ring (bicyclic) bond motifs is 1. The highest BCUT2D eigenvalue weighted by Gasteiger charge is 2.50. The van der Waals surface area contributed by atoms with Crippen LogP contribution in [0.15, 0.2) is 18.2 Å². The lowest BCUT2D eigenvalue weighted by Gasteiger charge is -2.39. The molecule has 4 N–H and O–H groups in total. The average Bonchev–Trinajstić information content (AvgIpc) is 1.61. The summed E-state index contributed by atoms with van der Waals surface area (Å²) in [6.45, 7) is 7.42. The second-order valence-corrected chi connectivity index (χ2v) is 27.4. The second-order valence-electron chi connectivity index (χ2n) is 26.9. The second kappa shape index (κ2) is 31.7. The van der Waals surface area contributed by atoms with Crippen LogP contribution in [0.4, 0.5) is 13.2 Å². The molecule has 3 aliphatic carbocycles. The molecule has 1 aromatic rings. The summed E-state index contributed by atoms with van der Waals surface area (Å²) in [6.07, 6.45) is 3.64. The van der Waals surface area contributed by atoms with Crippen LogP contribution in [0.25, 0.3) is 0 Å². The van der Waals surface area contributed by atoms with Gasteiger partial charge in [0.2, 0.25) is 65.0 Å². The first-order valence-corrected chi connectivity index (χ1v) is 32.5. The van der Waals surface area contributed by atoms with Crippen LogP contribution in [0.1, 0.15) is 161 Å². The maximum atomic E-state index is 15.0. The first kappa shape index (κ1) is 72.5. The molecular formula is C64H97ClF3N11O11. The average molecular weight is 1290 g/mol. The molecule has 1 spiro atoms. The van der Waals surface area contributed by atoms with E-state index in [2.05, 4.69) is 21.3 Å². The van der Waals surface area contributed by atoms with Gasteiger partial charge in [0.25, 0.3) is 0 Å². The first-order chi connectivity index (χ1) is 42.2. The lowest BCUT2D eigenvalue weighted by atomic mass is 9.84. The molecule has 2 saturated heterocycles. The van der Waals surface area contributed by atoms with Crippen LogP contribution in [0.2, 0.25) is 5.02 Å². The molecule has 7 atom stereocenters. The number of amides is 11. The number of nitrogens with zero attached hydrogens (tertiary/aromatic N) is 7. The summed E-state index contributed by atoms with van der Waals surface area (Å²) in [6, 6.07) is -4.46. The molecule has 0 aromatic heterocycles. The highest BCUT2D eigenvalue weighted by atomic mass is 35.5. The predicted octanol–water partition coefficient (Wildman–Crippen LogP) is 4.92. The molecule has 1 aromatic carbocycles. The topological polar surface area (TPSA) is 259 Å². The Morgan fingerprint density at radius 1 is 0.611 bits per heavy atom. The van der Waals surface area contributed by atoms with Crippen molar-refractivity contribution < 1.29 is 65.9 Å². The zero-order valence-corrected chi connectivity index (χ0v) is 55.2. The molecule has 26 heteroatoms. The van der Waals surface area contributed by atoms with Crippen molar-refractivity contribution in [1.29, 1.82) is 0 Å². The molecule has 11 amide bonds. The van der Waals surface area contributed by atoms with Crippen molar-refractivity contribution in [3.63, 3.8) is 0 Å². The Labute approximate surface area is 533 Å². The highest BCUT2D eigenvalue weighted by Crippen LogP contribution is 2.37. The van der Waals surface area contributed by atoms with Crippen LogP contribution in [0, 0.1) is 23.7 Å². The summed E-state index contributed by atoms with van der Waals surface area (Å²) in [5.41, 5.74) is -2.24. The smallest absolute Gasteiger partial charge is 0.351 e. The highest BCUT2D eigenvalue weighted by molar-refractivity contribution is 6.31. The van der Waals surface area contributed by atoms with E-state index in [1.54, 1.807) is 20.8 Å². The SMILES string of the molecule is CC(C)C[C@H]1C(=O)N[C@@H](CC2CC2)C(=O)N(C)CC(=O)N(C)CC(=O)N(C)[C@@H](CC2CCCCC2)C(=O)N(C)CC(=O)N[C@@H](CCc2ccc(C(F)(F)F)c(Cl)c2)C(=O)N2CCC[C@H]2C(=O)NC2(CCCC2)C(=O)N(C)[C@@H](C(C)C)C(=O)N[C@H](C)CC(=O)N1C. The van der Waals surface area contributed by atoms with E-state index in [9.17, 15) is 65.9 Å². The van der Waals surface area contributed by atoms with Crippen LogP contribution in [0.5, 0.6) is 0 Å². The number of halogens is 4. The number of benzene rings is 1. The molecule has 6 rings (SSSR count). The van der Waals surface area contributed by atoms with Gasteiger partial charge in [0, 0.05) is 61.3 Å². The van der Waals surface area contributed by atoms with Crippen LogP contribution in [-0.4, -0.2) is 216 Å². The molecule has 0 bridgehead atoms. The Bertz CT molecular complexity index is 2790. The molecule has 0 unspecified atom stereocenters. The molecule has 3 saturated carbocycles. The van der Waals surface area contributed by atoms with E-state index < -0.39 is 155 Å². The van der Waals surface area contributed by atoms with Gasteiger partial charge in [-0.25, -0.2) is 0 Å². The van der Waals surface area contributed by atoms with E-state index >= 15 is 0 Å². The van der Waals surface area contributed by atoms with E-state index in [0.29, 0.717) is 24.8 Å². The Kier molecular flexibility index (Phi) is 25.5. The standard InChI is InChI=1S/C64H97ClF3N11O11/c1-38(2)30-49-56(84)71-47(33-43-21-22-43)59(87)75(8)36-53(82)73(6)37-54(83)77(10)50(34-41-18-13-12-14-19-41)61(89)74(7)35-51(80)70-46(26-24-42-23-25-44(45(65)32-42)64(66,67)68)60(88)79-29-17-20-48(79)57(85)72-63(27-15-16-28-63)62(90)78(11)55(39(3)4)58(86)69-40(5)31-52(81)76(49)9/h23,25,32,38-41,43,46-50,55H,12-22,24,26-31,33-37H2,1-11H3,(H,69,86)(H,70,80)(H,71,84)(H,72,85)/t40-,46+,47+,48+,49+,50+,55+/m1/s1. The van der Waals surface area contributed by atoms with Crippen molar-refractivity contribution in [2.24, 2.45) is 23.7 Å². The number of hydrogen-bond donors (Lipinski definition) is 4. The van der Waals surface area contributed by atoms with Gasteiger partial charge < -0.3 is 55.6 Å². The van der Waals surface area contributed by atoms with E-state index in [0.717, 1.165) is 66.9 Å². The third-order valence-corrected chi connectivity index (χ3v) is 19.1. The maximum Gasteiger partial charge on any atom is 0.417 e. The Morgan fingerprint density at radius 2 is 1.22 bits per heavy atom. The van der Waals surface area contributed by atoms with E-state index in [1.165, 1.54) is 72.9 Å². The third-order valence-electron chi connectivity index (χ3n) is 18.7. The van der Waals surface area contributed by atoms with Crippen molar-refractivity contribution in [2.45, 2.75) is 211 Å². The molecule has 22 nitrogen and oxygen atoms in total. The molecule has 5 aliphatic rings. The molecule has 0 radical (unpaired) electrons. The fraction of sp³-hybridized carbons (Fsp3) is 0.734. The number of aryl methyl sites for hydroxylation is 1. The summed E-state index contributed by atoms with van der Waals surface area (Å²) in [5, 5.41) is 11.0. The van der Waals surface area contributed by atoms with Gasteiger partial charge in [0.05, 0.1) is 30.2 Å². The number of alkyl halides is 3. The van der Waals surface area contributed by atoms with Crippen molar-refractivity contribution in [3.05, 3.63) is 34.3 Å². The Hall–Kier alpha value is -6.53. The lowest BCUT2D eigenvalue weighted by molar-refractivity contribution is -0.149. The number of nitrogens with one attached hydrogen (secondary N) is 4. The number of hydrogen-bond acceptors (Lipinski definition) is 11. The summed E-state index contributed by atoms with van der Waals surface area (Å²) in [4.78, 5) is 168. The lowest BCUT2D eigenvalue weighted by Crippen LogP contribution is -2.64. The fourth-order valence-corrected chi connectivity index (χ4v) is 13.6. The fourth-order valence-electron chi connectivity index (χ4n) is 13.3. The maximum absolute atomic E-state index is 15.0. The van der Waals surface area contributed by atoms with E-state index in [1.807, 2.05) is 13.8 Å². The Morgan fingerprint density at radius 3 is 1.82 bits per heavy atom. The number of carbonyl (C=O) groups is 11. The summed E-state index contributed by atoms with van der Waals surface area (Å²) < 4.78 is 41.3. The van der Waals surface area contributed by atoms with Gasteiger partial charge in [-0.2, -0.15) is 13.2 Å². The minimum atomic E-state index is -4.74. The zero-order valence-electron chi connectivity index (χ0n) is 54.5. The molecule has 90 heavy (non-hydrogen) atoms. The normalized spacial score (nSPS) is 26.8.